The monoisotopic (exact) mass is 310 g/mol. The van der Waals surface area contributed by atoms with E-state index in [1.54, 1.807) is 0 Å². The van der Waals surface area contributed by atoms with Crippen LogP contribution in [0, 0.1) is 13.8 Å². The molecular weight excluding hydrogens is 292 g/mol. The molecule has 2 heteroatoms. The van der Waals surface area contributed by atoms with Gasteiger partial charge in [-0.3, -0.25) is 9.97 Å². The lowest BCUT2D eigenvalue weighted by Gasteiger charge is -2.09. The zero-order valence-electron chi connectivity index (χ0n) is 13.8. The summed E-state index contributed by atoms with van der Waals surface area (Å²) in [6.07, 6.45) is 1.82. The van der Waals surface area contributed by atoms with Gasteiger partial charge >= 0.3 is 0 Å². The summed E-state index contributed by atoms with van der Waals surface area (Å²) in [5, 5.41) is 2.52. The Labute approximate surface area is 141 Å². The highest BCUT2D eigenvalue weighted by Crippen LogP contribution is 2.28. The first-order chi connectivity index (χ1) is 11.7. The highest BCUT2D eigenvalue weighted by Gasteiger charge is 2.07. The van der Waals surface area contributed by atoms with Crippen LogP contribution in [0.2, 0.25) is 0 Å². The van der Waals surface area contributed by atoms with Crippen molar-refractivity contribution in [2.45, 2.75) is 13.8 Å². The Hall–Kier alpha value is -3.00. The standard InChI is InChI=1S/C22H18N2/c1-15-14-23-22(16(2)24-15)21-9-5-8-19(13-21)20-11-10-17-6-3-4-7-18(17)12-20/h3-14H,1-2H3. The van der Waals surface area contributed by atoms with E-state index in [2.05, 4.69) is 76.7 Å². The van der Waals surface area contributed by atoms with Crippen LogP contribution in [-0.2, 0) is 0 Å². The summed E-state index contributed by atoms with van der Waals surface area (Å²) in [6, 6.07) is 23.5. The van der Waals surface area contributed by atoms with Crippen molar-refractivity contribution in [2.75, 3.05) is 0 Å². The molecule has 1 heterocycles. The molecule has 0 fully saturated rings. The average Bonchev–Trinajstić information content (AvgIpc) is 2.61. The minimum Gasteiger partial charge on any atom is -0.255 e. The third-order valence-corrected chi connectivity index (χ3v) is 4.29. The van der Waals surface area contributed by atoms with E-state index >= 15 is 0 Å². The topological polar surface area (TPSA) is 25.8 Å². The molecule has 4 rings (SSSR count). The minimum absolute atomic E-state index is 0.946. The van der Waals surface area contributed by atoms with Crippen molar-refractivity contribution in [1.29, 1.82) is 0 Å². The smallest absolute Gasteiger partial charge is 0.0914 e. The van der Waals surface area contributed by atoms with E-state index in [1.807, 2.05) is 20.0 Å². The maximum Gasteiger partial charge on any atom is 0.0914 e. The highest BCUT2D eigenvalue weighted by molar-refractivity contribution is 5.87. The summed E-state index contributed by atoms with van der Waals surface area (Å²) >= 11 is 0. The Morgan fingerprint density at radius 1 is 0.667 bits per heavy atom. The second-order valence-electron chi connectivity index (χ2n) is 6.09. The zero-order valence-corrected chi connectivity index (χ0v) is 13.8. The first-order valence-corrected chi connectivity index (χ1v) is 8.10. The van der Waals surface area contributed by atoms with Crippen molar-refractivity contribution in [1.82, 2.24) is 9.97 Å². The quantitative estimate of drug-likeness (QED) is 0.483. The first-order valence-electron chi connectivity index (χ1n) is 8.10. The summed E-state index contributed by atoms with van der Waals surface area (Å²) in [5.74, 6) is 0. The average molecular weight is 310 g/mol. The van der Waals surface area contributed by atoms with Gasteiger partial charge in [0.05, 0.1) is 17.1 Å². The molecule has 116 valence electrons. The Morgan fingerprint density at radius 3 is 2.25 bits per heavy atom. The SMILES string of the molecule is Cc1cnc(-c2cccc(-c3ccc4ccccc4c3)c2)c(C)n1. The predicted octanol–water partition coefficient (Wildman–Crippen LogP) is 5.58. The minimum atomic E-state index is 0.946. The van der Waals surface area contributed by atoms with E-state index < -0.39 is 0 Å². The molecule has 3 aromatic carbocycles. The van der Waals surface area contributed by atoms with Crippen LogP contribution in [0.3, 0.4) is 0 Å². The van der Waals surface area contributed by atoms with Crippen molar-refractivity contribution < 1.29 is 0 Å². The summed E-state index contributed by atoms with van der Waals surface area (Å²) in [6.45, 7) is 3.98. The summed E-state index contributed by atoms with van der Waals surface area (Å²) in [7, 11) is 0. The molecule has 1 aromatic heterocycles. The van der Waals surface area contributed by atoms with E-state index in [4.69, 9.17) is 0 Å². The van der Waals surface area contributed by atoms with Crippen LogP contribution in [-0.4, -0.2) is 9.97 Å². The van der Waals surface area contributed by atoms with E-state index in [0.717, 1.165) is 22.6 Å². The lowest BCUT2D eigenvalue weighted by molar-refractivity contribution is 1.06. The van der Waals surface area contributed by atoms with Gasteiger partial charge in [-0.05, 0) is 47.9 Å². The van der Waals surface area contributed by atoms with Gasteiger partial charge < -0.3 is 0 Å². The third-order valence-electron chi connectivity index (χ3n) is 4.29. The van der Waals surface area contributed by atoms with Crippen LogP contribution in [0.5, 0.6) is 0 Å². The molecule has 0 saturated heterocycles. The number of aryl methyl sites for hydroxylation is 2. The van der Waals surface area contributed by atoms with Gasteiger partial charge in [0.25, 0.3) is 0 Å². The molecule has 0 radical (unpaired) electrons. The van der Waals surface area contributed by atoms with E-state index in [0.29, 0.717) is 0 Å². The van der Waals surface area contributed by atoms with Crippen molar-refractivity contribution >= 4 is 10.8 Å². The fraction of sp³-hybridized carbons (Fsp3) is 0.0909. The summed E-state index contributed by atoms with van der Waals surface area (Å²) < 4.78 is 0. The molecule has 0 unspecified atom stereocenters. The van der Waals surface area contributed by atoms with Crippen LogP contribution < -0.4 is 0 Å². The van der Waals surface area contributed by atoms with Crippen molar-refractivity contribution in [2.24, 2.45) is 0 Å². The molecular formula is C22H18N2. The van der Waals surface area contributed by atoms with Gasteiger partial charge in [-0.1, -0.05) is 54.6 Å². The third kappa shape index (κ3) is 2.67. The van der Waals surface area contributed by atoms with Crippen molar-refractivity contribution in [3.8, 4) is 22.4 Å². The zero-order chi connectivity index (χ0) is 16.5. The fourth-order valence-electron chi connectivity index (χ4n) is 3.10. The molecule has 2 nitrogen and oxygen atoms in total. The molecule has 0 aliphatic carbocycles. The number of aromatic nitrogens is 2. The normalized spacial score (nSPS) is 10.9. The molecule has 0 aliphatic rings. The van der Waals surface area contributed by atoms with Crippen LogP contribution in [0.25, 0.3) is 33.2 Å². The largest absolute Gasteiger partial charge is 0.255 e. The lowest BCUT2D eigenvalue weighted by Crippen LogP contribution is -1.94. The molecule has 24 heavy (non-hydrogen) atoms. The van der Waals surface area contributed by atoms with Gasteiger partial charge in [-0.2, -0.15) is 0 Å². The van der Waals surface area contributed by atoms with Gasteiger partial charge in [0.1, 0.15) is 0 Å². The Balaban J connectivity index is 1.81. The molecule has 0 aliphatic heterocycles. The van der Waals surface area contributed by atoms with Gasteiger partial charge in [0, 0.05) is 11.8 Å². The first kappa shape index (κ1) is 14.6. The lowest BCUT2D eigenvalue weighted by atomic mass is 9.98. The summed E-state index contributed by atoms with van der Waals surface area (Å²) in [5.41, 5.74) is 6.37. The van der Waals surface area contributed by atoms with E-state index in [1.165, 1.54) is 21.9 Å². The van der Waals surface area contributed by atoms with Crippen molar-refractivity contribution in [3.05, 3.63) is 84.3 Å². The fourth-order valence-corrected chi connectivity index (χ4v) is 3.10. The number of hydrogen-bond donors (Lipinski definition) is 0. The van der Waals surface area contributed by atoms with Gasteiger partial charge in [0.2, 0.25) is 0 Å². The Bertz CT molecular complexity index is 1030. The maximum absolute atomic E-state index is 4.57. The number of fused-ring (bicyclic) bond motifs is 1. The van der Waals surface area contributed by atoms with E-state index in [-0.39, 0.29) is 0 Å². The van der Waals surface area contributed by atoms with E-state index in [9.17, 15) is 0 Å². The Kier molecular flexibility index (Phi) is 3.58. The highest BCUT2D eigenvalue weighted by atomic mass is 14.8. The van der Waals surface area contributed by atoms with Gasteiger partial charge in [-0.15, -0.1) is 0 Å². The molecule has 0 spiro atoms. The predicted molar refractivity (Wildman–Crippen MR) is 99.9 cm³/mol. The number of benzene rings is 3. The number of hydrogen-bond acceptors (Lipinski definition) is 2. The molecule has 0 amide bonds. The van der Waals surface area contributed by atoms with Crippen LogP contribution in [0.1, 0.15) is 11.4 Å². The molecule has 0 atom stereocenters. The van der Waals surface area contributed by atoms with Crippen LogP contribution >= 0.6 is 0 Å². The second kappa shape index (κ2) is 5.89. The molecule has 0 saturated carbocycles. The van der Waals surface area contributed by atoms with Crippen molar-refractivity contribution in [3.63, 3.8) is 0 Å². The molecule has 4 aromatic rings. The molecule has 0 N–H and O–H groups in total. The molecule has 0 bridgehead atoms. The number of nitrogens with zero attached hydrogens (tertiary/aromatic N) is 2. The van der Waals surface area contributed by atoms with Crippen LogP contribution in [0.15, 0.2) is 72.9 Å². The van der Waals surface area contributed by atoms with Gasteiger partial charge in [0.15, 0.2) is 0 Å². The second-order valence-corrected chi connectivity index (χ2v) is 6.09. The van der Waals surface area contributed by atoms with Gasteiger partial charge in [-0.25, -0.2) is 0 Å². The summed E-state index contributed by atoms with van der Waals surface area (Å²) in [4.78, 5) is 9.10. The maximum atomic E-state index is 4.57. The van der Waals surface area contributed by atoms with Crippen LogP contribution in [0.4, 0.5) is 0 Å². The number of rotatable bonds is 2. The Morgan fingerprint density at radius 2 is 1.42 bits per heavy atom.